The molecule has 0 atom stereocenters. The quantitative estimate of drug-likeness (QED) is 0.415. The predicted octanol–water partition coefficient (Wildman–Crippen LogP) is 1.30. The summed E-state index contributed by atoms with van der Waals surface area (Å²) in [6.07, 6.45) is 0.656. The smallest absolute Gasteiger partial charge is 0.336 e. The lowest BCUT2D eigenvalue weighted by molar-refractivity contribution is -0.229. The van der Waals surface area contributed by atoms with Crippen molar-refractivity contribution >= 4 is 40.5 Å². The molecule has 142 valence electrons. The molecule has 7 nitrogen and oxygen atoms in total. The third-order valence-electron chi connectivity index (χ3n) is 4.72. The molecule has 29 heavy (non-hydrogen) atoms. The Hall–Kier alpha value is -4.26. The van der Waals surface area contributed by atoms with Gasteiger partial charge in [-0.2, -0.15) is 0 Å². The highest BCUT2D eigenvalue weighted by molar-refractivity contribution is 6.13. The van der Waals surface area contributed by atoms with E-state index in [1.165, 1.54) is 30.3 Å². The van der Waals surface area contributed by atoms with E-state index in [0.717, 1.165) is 0 Å². The maximum Gasteiger partial charge on any atom is 0.336 e. The van der Waals surface area contributed by atoms with Crippen molar-refractivity contribution in [2.24, 2.45) is 0 Å². The number of fused-ring (bicyclic) bond motifs is 2. The van der Waals surface area contributed by atoms with Crippen LogP contribution in [-0.2, 0) is 0 Å². The van der Waals surface area contributed by atoms with E-state index in [0.29, 0.717) is 28.9 Å². The van der Waals surface area contributed by atoms with Gasteiger partial charge in [0.2, 0.25) is 0 Å². The fourth-order valence-corrected chi connectivity index (χ4v) is 3.42. The predicted molar refractivity (Wildman–Crippen MR) is 104 cm³/mol. The summed E-state index contributed by atoms with van der Waals surface area (Å²) in [5, 5.41) is 21.5. The number of carboxylic acids is 1. The number of aldehydes is 1. The van der Waals surface area contributed by atoms with Gasteiger partial charge < -0.3 is 14.6 Å². The zero-order chi connectivity index (χ0) is 20.7. The molecule has 0 radical (unpaired) electrons. The van der Waals surface area contributed by atoms with Crippen LogP contribution in [0.4, 0.5) is 0 Å². The Kier molecular flexibility index (Phi) is 4.20. The molecule has 4 rings (SSSR count). The van der Waals surface area contributed by atoms with Gasteiger partial charge in [-0.3, -0.25) is 14.4 Å². The first-order valence-electron chi connectivity index (χ1n) is 8.44. The van der Waals surface area contributed by atoms with E-state index in [4.69, 9.17) is 4.42 Å². The lowest BCUT2D eigenvalue weighted by Crippen LogP contribution is -2.26. The number of carboxylic acid groups (broad SMARTS) is 1. The second-order valence-electron chi connectivity index (χ2n) is 6.27. The molecule has 0 bridgehead atoms. The zero-order valence-corrected chi connectivity index (χ0v) is 14.7. The molecule has 1 aromatic heterocycles. The van der Waals surface area contributed by atoms with Crippen molar-refractivity contribution in [3.63, 3.8) is 0 Å². The Balaban J connectivity index is 2.39. The van der Waals surface area contributed by atoms with Gasteiger partial charge in [0.25, 0.3) is 0 Å². The second kappa shape index (κ2) is 6.72. The van der Waals surface area contributed by atoms with Crippen LogP contribution in [0.15, 0.2) is 62.5 Å². The van der Waals surface area contributed by atoms with Gasteiger partial charge >= 0.3 is 5.97 Å². The molecule has 0 aliphatic carbocycles. The van der Waals surface area contributed by atoms with E-state index >= 15 is 0 Å². The average molecular weight is 387 g/mol. The van der Waals surface area contributed by atoms with Gasteiger partial charge in [-0.15, -0.1) is 6.26 Å². The van der Waals surface area contributed by atoms with Crippen molar-refractivity contribution in [2.75, 3.05) is 0 Å². The van der Waals surface area contributed by atoms with Crippen LogP contribution in [0, 0.1) is 0 Å². The summed E-state index contributed by atoms with van der Waals surface area (Å²) in [6.45, 7) is 0. The van der Waals surface area contributed by atoms with Crippen LogP contribution in [0.1, 0.15) is 20.7 Å². The number of rotatable bonds is 3. The maximum atomic E-state index is 12.1. The molecule has 0 spiro atoms. The second-order valence-corrected chi connectivity index (χ2v) is 6.27. The van der Waals surface area contributed by atoms with Crippen LogP contribution in [0.3, 0.4) is 0 Å². The Morgan fingerprint density at radius 1 is 0.931 bits per heavy atom. The van der Waals surface area contributed by atoms with E-state index in [-0.39, 0.29) is 33.1 Å². The SMILES string of the molecule is O=Cc1c(=O)ccc2c(-c3ccccc3C(=O)O)c3ccc(=O)c(=C[O-])c3oc12. The number of carbonyl (C=O) groups is 2. The summed E-state index contributed by atoms with van der Waals surface area (Å²) in [5.41, 5.74) is -1.13. The van der Waals surface area contributed by atoms with Crippen molar-refractivity contribution in [2.45, 2.75) is 0 Å². The van der Waals surface area contributed by atoms with E-state index < -0.39 is 16.8 Å². The molecule has 1 N–H and O–H groups in total. The lowest BCUT2D eigenvalue weighted by Gasteiger charge is -2.14. The summed E-state index contributed by atoms with van der Waals surface area (Å²) in [5.74, 6) is -1.19. The minimum absolute atomic E-state index is 0.0287. The van der Waals surface area contributed by atoms with E-state index in [1.54, 1.807) is 18.2 Å². The minimum atomic E-state index is -1.19. The molecule has 0 saturated carbocycles. The summed E-state index contributed by atoms with van der Waals surface area (Å²) in [6, 6.07) is 11.4. The van der Waals surface area contributed by atoms with Crippen molar-refractivity contribution < 1.29 is 24.2 Å². The molecular weight excluding hydrogens is 376 g/mol. The van der Waals surface area contributed by atoms with E-state index in [9.17, 15) is 29.4 Å². The number of hydrogen-bond donors (Lipinski definition) is 1. The molecule has 3 aromatic carbocycles. The summed E-state index contributed by atoms with van der Waals surface area (Å²) in [4.78, 5) is 47.6. The van der Waals surface area contributed by atoms with Crippen LogP contribution in [0.25, 0.3) is 39.3 Å². The van der Waals surface area contributed by atoms with Gasteiger partial charge in [-0.1, -0.05) is 18.2 Å². The van der Waals surface area contributed by atoms with Gasteiger partial charge in [0.15, 0.2) is 17.1 Å². The van der Waals surface area contributed by atoms with Crippen LogP contribution < -0.4 is 21.2 Å². The molecule has 0 unspecified atom stereocenters. The fourth-order valence-electron chi connectivity index (χ4n) is 3.42. The highest BCUT2D eigenvalue weighted by atomic mass is 16.4. The summed E-state index contributed by atoms with van der Waals surface area (Å²) >= 11 is 0. The van der Waals surface area contributed by atoms with Crippen molar-refractivity contribution in [3.05, 3.63) is 85.3 Å². The first kappa shape index (κ1) is 18.1. The third-order valence-corrected chi connectivity index (χ3v) is 4.72. The van der Waals surface area contributed by atoms with Gasteiger partial charge in [-0.05, 0) is 35.9 Å². The Labute approximate surface area is 161 Å². The third kappa shape index (κ3) is 2.68. The topological polar surface area (TPSA) is 125 Å². The maximum absolute atomic E-state index is 12.1. The Bertz CT molecular complexity index is 1500. The van der Waals surface area contributed by atoms with E-state index in [2.05, 4.69) is 0 Å². The number of benzene rings is 3. The number of carbonyl (C=O) groups excluding carboxylic acids is 1. The standard InChI is InChI=1S/C22H12O7/c23-9-15-17(25)7-5-13-19(11-3-1-2-4-12(11)22(27)28)14-6-8-18(26)16(10-24)21(14)29-20(13)15/h1-10,23H,(H,27,28)/p-1. The molecule has 0 aliphatic heterocycles. The molecule has 1 heterocycles. The van der Waals surface area contributed by atoms with Crippen molar-refractivity contribution in [3.8, 4) is 11.1 Å². The highest BCUT2D eigenvalue weighted by Crippen LogP contribution is 2.37. The van der Waals surface area contributed by atoms with Crippen molar-refractivity contribution in [1.82, 2.24) is 0 Å². The van der Waals surface area contributed by atoms with Gasteiger partial charge in [0.1, 0.15) is 16.7 Å². The van der Waals surface area contributed by atoms with Crippen LogP contribution >= 0.6 is 0 Å². The molecule has 0 saturated heterocycles. The Morgan fingerprint density at radius 3 is 2.24 bits per heavy atom. The van der Waals surface area contributed by atoms with Crippen LogP contribution in [0.5, 0.6) is 0 Å². The van der Waals surface area contributed by atoms with Crippen molar-refractivity contribution in [1.29, 1.82) is 0 Å². The Morgan fingerprint density at radius 2 is 1.59 bits per heavy atom. The molecule has 7 heteroatoms. The summed E-state index contributed by atoms with van der Waals surface area (Å²) in [7, 11) is 0. The van der Waals surface area contributed by atoms with Gasteiger partial charge in [0, 0.05) is 16.3 Å². The molecule has 0 fully saturated rings. The highest BCUT2D eigenvalue weighted by Gasteiger charge is 2.20. The number of aromatic carboxylic acids is 1. The largest absolute Gasteiger partial charge is 0.877 e. The lowest BCUT2D eigenvalue weighted by atomic mass is 9.92. The van der Waals surface area contributed by atoms with Crippen LogP contribution in [0.2, 0.25) is 0 Å². The molecule has 0 amide bonds. The molecule has 0 aliphatic rings. The first-order valence-corrected chi connectivity index (χ1v) is 8.44. The monoisotopic (exact) mass is 387 g/mol. The first-order chi connectivity index (χ1) is 14.0. The number of hydrogen-bond acceptors (Lipinski definition) is 6. The molecule has 4 aromatic rings. The minimum Gasteiger partial charge on any atom is -0.877 e. The molecular formula is C22H11O7-. The van der Waals surface area contributed by atoms with E-state index in [1.807, 2.05) is 0 Å². The zero-order valence-electron chi connectivity index (χ0n) is 14.7. The normalized spacial score (nSPS) is 11.8. The van der Waals surface area contributed by atoms with Gasteiger partial charge in [-0.25, -0.2) is 4.79 Å². The average Bonchev–Trinajstić information content (AvgIpc) is 2.72. The fraction of sp³-hybridized carbons (Fsp3) is 0. The summed E-state index contributed by atoms with van der Waals surface area (Å²) < 4.78 is 5.70. The van der Waals surface area contributed by atoms with Gasteiger partial charge in [0.05, 0.1) is 10.8 Å². The van der Waals surface area contributed by atoms with Crippen LogP contribution in [-0.4, -0.2) is 17.4 Å².